The molecule has 2 aromatic rings. The lowest BCUT2D eigenvalue weighted by atomic mass is 10.3. The molecule has 1 aliphatic heterocycles. The third-order valence-electron chi connectivity index (χ3n) is 4.00. The number of rotatable bonds is 4. The van der Waals surface area contributed by atoms with Crippen LogP contribution in [0.5, 0.6) is 0 Å². The maximum atomic E-state index is 5.13. The molecule has 0 amide bonds. The van der Waals surface area contributed by atoms with E-state index < -0.39 is 0 Å². The van der Waals surface area contributed by atoms with Crippen LogP contribution in [0.3, 0.4) is 0 Å². The molecule has 0 N–H and O–H groups in total. The first-order valence-electron chi connectivity index (χ1n) is 7.94. The Labute approximate surface area is 136 Å². The van der Waals surface area contributed by atoms with Crippen LogP contribution in [-0.2, 0) is 6.54 Å². The van der Waals surface area contributed by atoms with Crippen LogP contribution in [0.25, 0.3) is 0 Å². The number of hydrogen-bond acceptors (Lipinski definition) is 7. The second-order valence-corrected chi connectivity index (χ2v) is 6.25. The van der Waals surface area contributed by atoms with E-state index in [1.165, 1.54) is 0 Å². The lowest BCUT2D eigenvalue weighted by Crippen LogP contribution is -2.46. The lowest BCUT2D eigenvalue weighted by molar-refractivity contribution is 0.240. The third kappa shape index (κ3) is 3.79. The Morgan fingerprint density at radius 3 is 2.43 bits per heavy atom. The van der Waals surface area contributed by atoms with E-state index in [0.29, 0.717) is 0 Å². The van der Waals surface area contributed by atoms with Crippen molar-refractivity contribution in [1.29, 1.82) is 0 Å². The molecule has 23 heavy (non-hydrogen) atoms. The Balaban J connectivity index is 1.62. The fourth-order valence-corrected chi connectivity index (χ4v) is 2.73. The van der Waals surface area contributed by atoms with Gasteiger partial charge in [0.05, 0.1) is 5.69 Å². The summed E-state index contributed by atoms with van der Waals surface area (Å²) in [6, 6.07) is 4.01. The minimum absolute atomic E-state index is 0.825. The van der Waals surface area contributed by atoms with Crippen molar-refractivity contribution in [2.24, 2.45) is 0 Å². The highest BCUT2D eigenvalue weighted by Crippen LogP contribution is 2.18. The summed E-state index contributed by atoms with van der Waals surface area (Å²) in [7, 11) is 4.01. The number of nitrogens with zero attached hydrogens (tertiary/aromatic N) is 6. The summed E-state index contributed by atoms with van der Waals surface area (Å²) in [5, 5.41) is 4.07. The van der Waals surface area contributed by atoms with Crippen molar-refractivity contribution in [1.82, 2.24) is 20.0 Å². The molecule has 1 fully saturated rings. The van der Waals surface area contributed by atoms with Crippen molar-refractivity contribution < 1.29 is 4.52 Å². The zero-order valence-corrected chi connectivity index (χ0v) is 14.3. The third-order valence-corrected chi connectivity index (χ3v) is 4.00. The highest BCUT2D eigenvalue weighted by Gasteiger charge is 2.20. The topological polar surface area (TPSA) is 61.5 Å². The largest absolute Gasteiger partial charge is 0.363 e. The molecule has 0 saturated carbocycles. The van der Waals surface area contributed by atoms with Crippen LogP contribution in [0.1, 0.15) is 17.1 Å². The normalized spacial score (nSPS) is 15.9. The van der Waals surface area contributed by atoms with Gasteiger partial charge in [-0.15, -0.1) is 0 Å². The number of piperazine rings is 1. The van der Waals surface area contributed by atoms with Crippen LogP contribution in [0.15, 0.2) is 16.7 Å². The highest BCUT2D eigenvalue weighted by atomic mass is 16.5. The Kier molecular flexibility index (Phi) is 4.47. The van der Waals surface area contributed by atoms with Gasteiger partial charge in [-0.1, -0.05) is 5.16 Å². The van der Waals surface area contributed by atoms with E-state index in [9.17, 15) is 0 Å². The van der Waals surface area contributed by atoms with E-state index in [1.54, 1.807) is 0 Å². The Hall–Kier alpha value is -2.15. The molecule has 0 unspecified atom stereocenters. The molecule has 3 rings (SSSR count). The van der Waals surface area contributed by atoms with Gasteiger partial charge in [0.2, 0.25) is 5.95 Å². The lowest BCUT2D eigenvalue weighted by Gasteiger charge is -2.34. The molecule has 7 nitrogen and oxygen atoms in total. The highest BCUT2D eigenvalue weighted by molar-refractivity contribution is 5.45. The molecule has 0 aliphatic carbocycles. The van der Waals surface area contributed by atoms with Crippen LogP contribution >= 0.6 is 0 Å². The summed E-state index contributed by atoms with van der Waals surface area (Å²) in [4.78, 5) is 15.9. The van der Waals surface area contributed by atoms with E-state index in [1.807, 2.05) is 45.0 Å². The van der Waals surface area contributed by atoms with Crippen molar-refractivity contribution in [3.05, 3.63) is 29.3 Å². The van der Waals surface area contributed by atoms with Crippen LogP contribution in [0.4, 0.5) is 11.8 Å². The van der Waals surface area contributed by atoms with Crippen molar-refractivity contribution in [3.63, 3.8) is 0 Å². The molecule has 7 heteroatoms. The minimum atomic E-state index is 0.825. The van der Waals surface area contributed by atoms with Gasteiger partial charge < -0.3 is 14.3 Å². The zero-order chi connectivity index (χ0) is 16.4. The molecule has 1 aliphatic rings. The molecule has 0 atom stereocenters. The SMILES string of the molecule is Cc1cc(N(C)C)nc(N2CCN(Cc3cc(C)on3)CC2)n1. The summed E-state index contributed by atoms with van der Waals surface area (Å²) in [6.07, 6.45) is 0. The summed E-state index contributed by atoms with van der Waals surface area (Å²) in [5.74, 6) is 2.64. The quantitative estimate of drug-likeness (QED) is 0.846. The van der Waals surface area contributed by atoms with Crippen molar-refractivity contribution in [3.8, 4) is 0 Å². The second kappa shape index (κ2) is 6.54. The van der Waals surface area contributed by atoms with Gasteiger partial charge in [0.15, 0.2) is 0 Å². The second-order valence-electron chi connectivity index (χ2n) is 6.25. The van der Waals surface area contributed by atoms with Gasteiger partial charge in [0.1, 0.15) is 11.6 Å². The van der Waals surface area contributed by atoms with Crippen LogP contribution in [0, 0.1) is 13.8 Å². The Morgan fingerprint density at radius 2 is 1.83 bits per heavy atom. The van der Waals surface area contributed by atoms with Crippen molar-refractivity contribution >= 4 is 11.8 Å². The molecule has 0 radical (unpaired) electrons. The average molecular weight is 316 g/mol. The van der Waals surface area contributed by atoms with E-state index >= 15 is 0 Å². The summed E-state index contributed by atoms with van der Waals surface area (Å²) in [6.45, 7) is 8.57. The predicted molar refractivity (Wildman–Crippen MR) is 89.8 cm³/mol. The number of aryl methyl sites for hydroxylation is 2. The van der Waals surface area contributed by atoms with Gasteiger partial charge in [0, 0.05) is 64.6 Å². The van der Waals surface area contributed by atoms with E-state index in [2.05, 4.69) is 24.9 Å². The Morgan fingerprint density at radius 1 is 1.09 bits per heavy atom. The molecule has 0 aromatic carbocycles. The number of aromatic nitrogens is 3. The number of anilines is 2. The van der Waals surface area contributed by atoms with Gasteiger partial charge in [-0.05, 0) is 13.8 Å². The standard InChI is InChI=1S/C16H24N6O/c1-12-9-15(20(3)4)18-16(17-12)22-7-5-21(6-8-22)11-14-10-13(2)23-19-14/h9-10H,5-8,11H2,1-4H3. The molecule has 0 bridgehead atoms. The van der Waals surface area contributed by atoms with Gasteiger partial charge in [-0.3, -0.25) is 4.90 Å². The van der Waals surface area contributed by atoms with Crippen LogP contribution < -0.4 is 9.80 Å². The molecular formula is C16H24N6O. The molecule has 3 heterocycles. The first kappa shape index (κ1) is 15.7. The first-order valence-corrected chi connectivity index (χ1v) is 7.94. The molecule has 2 aromatic heterocycles. The van der Waals surface area contributed by atoms with Gasteiger partial charge in [-0.25, -0.2) is 4.98 Å². The van der Waals surface area contributed by atoms with Crippen molar-refractivity contribution in [2.45, 2.75) is 20.4 Å². The smallest absolute Gasteiger partial charge is 0.227 e. The maximum absolute atomic E-state index is 5.13. The number of hydrogen-bond donors (Lipinski definition) is 0. The van der Waals surface area contributed by atoms with Gasteiger partial charge in [0.25, 0.3) is 0 Å². The van der Waals surface area contributed by atoms with E-state index in [4.69, 9.17) is 4.52 Å². The van der Waals surface area contributed by atoms with Gasteiger partial charge >= 0.3 is 0 Å². The first-order chi connectivity index (χ1) is 11.0. The molecule has 1 saturated heterocycles. The van der Waals surface area contributed by atoms with E-state index in [-0.39, 0.29) is 0 Å². The molecule has 124 valence electrons. The predicted octanol–water partition coefficient (Wildman–Crippen LogP) is 1.47. The average Bonchev–Trinajstić information content (AvgIpc) is 2.92. The Bertz CT molecular complexity index is 660. The maximum Gasteiger partial charge on any atom is 0.227 e. The summed E-state index contributed by atoms with van der Waals surface area (Å²) >= 11 is 0. The van der Waals surface area contributed by atoms with Gasteiger partial charge in [-0.2, -0.15) is 4.98 Å². The monoisotopic (exact) mass is 316 g/mol. The fraction of sp³-hybridized carbons (Fsp3) is 0.562. The minimum Gasteiger partial charge on any atom is -0.363 e. The van der Waals surface area contributed by atoms with Crippen molar-refractivity contribution in [2.75, 3.05) is 50.1 Å². The van der Waals surface area contributed by atoms with Crippen LogP contribution in [-0.4, -0.2) is 60.3 Å². The molecule has 0 spiro atoms. The van der Waals surface area contributed by atoms with Crippen LogP contribution in [0.2, 0.25) is 0 Å². The van der Waals surface area contributed by atoms with E-state index in [0.717, 1.165) is 61.6 Å². The zero-order valence-electron chi connectivity index (χ0n) is 14.3. The molecular weight excluding hydrogens is 292 g/mol. The summed E-state index contributed by atoms with van der Waals surface area (Å²) < 4.78 is 5.13. The summed E-state index contributed by atoms with van der Waals surface area (Å²) in [5.41, 5.74) is 2.00. The fourth-order valence-electron chi connectivity index (χ4n) is 2.73.